The Morgan fingerprint density at radius 1 is 1.23 bits per heavy atom. The Labute approximate surface area is 127 Å². The Kier molecular flexibility index (Phi) is 3.58. The first-order chi connectivity index (χ1) is 10.6. The van der Waals surface area contributed by atoms with Gasteiger partial charge in [-0.3, -0.25) is 9.59 Å². The van der Waals surface area contributed by atoms with E-state index in [-0.39, 0.29) is 11.9 Å². The molecule has 1 unspecified atom stereocenters. The molecule has 0 saturated carbocycles. The maximum absolute atomic E-state index is 12.7. The van der Waals surface area contributed by atoms with Crippen LogP contribution in [0, 0.1) is 0 Å². The van der Waals surface area contributed by atoms with Gasteiger partial charge in [0.2, 0.25) is 0 Å². The van der Waals surface area contributed by atoms with E-state index >= 15 is 0 Å². The molecule has 112 valence electrons. The fraction of sp³-hybridized carbons (Fsp3) is 0.250. The molecule has 1 aromatic carbocycles. The van der Waals surface area contributed by atoms with Gasteiger partial charge in [-0.2, -0.15) is 0 Å². The zero-order valence-electron chi connectivity index (χ0n) is 12.0. The van der Waals surface area contributed by atoms with Crippen LogP contribution in [0.1, 0.15) is 35.2 Å². The number of aromatic nitrogens is 2. The van der Waals surface area contributed by atoms with Gasteiger partial charge >= 0.3 is 5.97 Å². The third-order valence-corrected chi connectivity index (χ3v) is 3.91. The number of fused-ring (bicyclic) bond motifs is 1. The van der Waals surface area contributed by atoms with Crippen molar-refractivity contribution in [3.8, 4) is 0 Å². The quantitative estimate of drug-likeness (QED) is 0.917. The number of amides is 1. The largest absolute Gasteiger partial charge is 0.481 e. The molecule has 1 aliphatic rings. The highest BCUT2D eigenvalue weighted by Crippen LogP contribution is 2.39. The highest BCUT2D eigenvalue weighted by Gasteiger charge is 2.37. The minimum atomic E-state index is -0.866. The van der Waals surface area contributed by atoms with Gasteiger partial charge < -0.3 is 10.0 Å². The molecule has 2 heterocycles. The molecule has 1 N–H and O–H groups in total. The second kappa shape index (κ2) is 5.55. The van der Waals surface area contributed by atoms with Crippen molar-refractivity contribution in [3.63, 3.8) is 0 Å². The number of carboxylic acids is 1. The number of para-hydroxylation sites is 1. The number of anilines is 1. The molecule has 0 saturated heterocycles. The van der Waals surface area contributed by atoms with Gasteiger partial charge in [0.15, 0.2) is 0 Å². The summed E-state index contributed by atoms with van der Waals surface area (Å²) >= 11 is 0. The van der Waals surface area contributed by atoms with E-state index in [1.165, 1.54) is 18.7 Å². The lowest BCUT2D eigenvalue weighted by Gasteiger charge is -2.38. The van der Waals surface area contributed by atoms with Crippen molar-refractivity contribution in [1.82, 2.24) is 9.97 Å². The smallest absolute Gasteiger partial charge is 0.311 e. The molecule has 2 atom stereocenters. The van der Waals surface area contributed by atoms with Crippen LogP contribution in [0.25, 0.3) is 0 Å². The SMILES string of the molecule is C[C@H]1CC(C(=O)O)c2ccccc2N1C(=O)c1cncnc1. The van der Waals surface area contributed by atoms with Crippen LogP contribution in [0.4, 0.5) is 5.69 Å². The maximum Gasteiger partial charge on any atom is 0.311 e. The predicted octanol–water partition coefficient (Wildman–Crippen LogP) is 2.08. The fourth-order valence-corrected chi connectivity index (χ4v) is 2.90. The van der Waals surface area contributed by atoms with Crippen LogP contribution in [0.15, 0.2) is 43.0 Å². The second-order valence-corrected chi connectivity index (χ2v) is 5.34. The molecule has 1 aliphatic heterocycles. The molecule has 6 heteroatoms. The highest BCUT2D eigenvalue weighted by atomic mass is 16.4. The molecule has 1 amide bonds. The number of rotatable bonds is 2. The van der Waals surface area contributed by atoms with E-state index in [4.69, 9.17) is 0 Å². The Morgan fingerprint density at radius 3 is 2.59 bits per heavy atom. The van der Waals surface area contributed by atoms with E-state index in [2.05, 4.69) is 9.97 Å². The van der Waals surface area contributed by atoms with Gasteiger partial charge in [0.1, 0.15) is 6.33 Å². The van der Waals surface area contributed by atoms with Gasteiger partial charge in [0.25, 0.3) is 5.91 Å². The molecule has 2 aromatic rings. The van der Waals surface area contributed by atoms with Crippen molar-refractivity contribution in [2.75, 3.05) is 4.90 Å². The number of benzene rings is 1. The van der Waals surface area contributed by atoms with Crippen LogP contribution in [0.2, 0.25) is 0 Å². The molecule has 0 radical (unpaired) electrons. The van der Waals surface area contributed by atoms with Crippen LogP contribution in [0.5, 0.6) is 0 Å². The Balaban J connectivity index is 2.07. The summed E-state index contributed by atoms with van der Waals surface area (Å²) in [7, 11) is 0. The van der Waals surface area contributed by atoms with E-state index in [9.17, 15) is 14.7 Å². The van der Waals surface area contributed by atoms with Gasteiger partial charge in [-0.05, 0) is 25.0 Å². The molecule has 0 aliphatic carbocycles. The summed E-state index contributed by atoms with van der Waals surface area (Å²) < 4.78 is 0. The van der Waals surface area contributed by atoms with Crippen LogP contribution in [-0.4, -0.2) is 33.0 Å². The van der Waals surface area contributed by atoms with Crippen molar-refractivity contribution >= 4 is 17.6 Å². The average Bonchev–Trinajstić information content (AvgIpc) is 2.54. The van der Waals surface area contributed by atoms with Crippen LogP contribution < -0.4 is 4.90 Å². The monoisotopic (exact) mass is 297 g/mol. The van der Waals surface area contributed by atoms with Gasteiger partial charge in [-0.1, -0.05) is 18.2 Å². The highest BCUT2D eigenvalue weighted by molar-refractivity contribution is 6.07. The lowest BCUT2D eigenvalue weighted by Crippen LogP contribution is -2.44. The molecule has 1 aromatic heterocycles. The molecule has 0 fully saturated rings. The van der Waals surface area contributed by atoms with Crippen LogP contribution in [0.3, 0.4) is 0 Å². The minimum Gasteiger partial charge on any atom is -0.481 e. The molecule has 0 spiro atoms. The van der Waals surface area contributed by atoms with E-state index in [0.29, 0.717) is 23.2 Å². The standard InChI is InChI=1S/C16H15N3O3/c1-10-6-13(16(21)22)12-4-2-3-5-14(12)19(10)15(20)11-7-17-9-18-8-11/h2-5,7-10,13H,6H2,1H3,(H,21,22)/t10-,13?/m0/s1. The molecule has 0 bridgehead atoms. The van der Waals surface area contributed by atoms with Crippen LogP contribution >= 0.6 is 0 Å². The van der Waals surface area contributed by atoms with E-state index < -0.39 is 11.9 Å². The summed E-state index contributed by atoms with van der Waals surface area (Å²) in [6.45, 7) is 1.85. The van der Waals surface area contributed by atoms with Gasteiger partial charge in [-0.15, -0.1) is 0 Å². The van der Waals surface area contributed by atoms with E-state index in [0.717, 1.165) is 0 Å². The summed E-state index contributed by atoms with van der Waals surface area (Å²) in [6, 6.07) is 6.92. The van der Waals surface area contributed by atoms with Crippen LogP contribution in [-0.2, 0) is 4.79 Å². The Bertz CT molecular complexity index is 718. The van der Waals surface area contributed by atoms with Crippen molar-refractivity contribution in [1.29, 1.82) is 0 Å². The number of nitrogens with zero attached hydrogens (tertiary/aromatic N) is 3. The summed E-state index contributed by atoms with van der Waals surface area (Å²) in [6.07, 6.45) is 4.68. The number of carboxylic acid groups (broad SMARTS) is 1. The molecule has 22 heavy (non-hydrogen) atoms. The van der Waals surface area contributed by atoms with E-state index in [1.54, 1.807) is 29.2 Å². The van der Waals surface area contributed by atoms with Gasteiger partial charge in [0, 0.05) is 24.1 Å². The third-order valence-electron chi connectivity index (χ3n) is 3.91. The number of hydrogen-bond donors (Lipinski definition) is 1. The van der Waals surface area contributed by atoms with Gasteiger partial charge in [0.05, 0.1) is 11.5 Å². The van der Waals surface area contributed by atoms with Crippen molar-refractivity contribution in [2.45, 2.75) is 25.3 Å². The number of carbonyl (C=O) groups excluding carboxylic acids is 1. The zero-order chi connectivity index (χ0) is 15.7. The normalized spacial score (nSPS) is 20.3. The summed E-state index contributed by atoms with van der Waals surface area (Å²) in [4.78, 5) is 33.6. The predicted molar refractivity (Wildman–Crippen MR) is 79.7 cm³/mol. The number of carbonyl (C=O) groups is 2. The number of hydrogen-bond acceptors (Lipinski definition) is 4. The molecule has 3 rings (SSSR count). The first-order valence-electron chi connectivity index (χ1n) is 7.00. The molecular weight excluding hydrogens is 282 g/mol. The summed E-state index contributed by atoms with van der Waals surface area (Å²) in [5, 5.41) is 9.42. The topological polar surface area (TPSA) is 83.4 Å². The lowest BCUT2D eigenvalue weighted by molar-refractivity contribution is -0.139. The fourth-order valence-electron chi connectivity index (χ4n) is 2.90. The zero-order valence-corrected chi connectivity index (χ0v) is 12.0. The molecule has 6 nitrogen and oxygen atoms in total. The second-order valence-electron chi connectivity index (χ2n) is 5.34. The number of aliphatic carboxylic acids is 1. The van der Waals surface area contributed by atoms with Crippen molar-refractivity contribution in [3.05, 3.63) is 54.1 Å². The Hall–Kier alpha value is -2.76. The molecular formula is C16H15N3O3. The third kappa shape index (κ3) is 2.32. The Morgan fingerprint density at radius 2 is 1.91 bits per heavy atom. The lowest BCUT2D eigenvalue weighted by atomic mass is 9.86. The first-order valence-corrected chi connectivity index (χ1v) is 7.00. The maximum atomic E-state index is 12.7. The van der Waals surface area contributed by atoms with Gasteiger partial charge in [-0.25, -0.2) is 9.97 Å². The minimum absolute atomic E-state index is 0.218. The van der Waals surface area contributed by atoms with E-state index in [1.807, 2.05) is 6.92 Å². The average molecular weight is 297 g/mol. The van der Waals surface area contributed by atoms with Crippen molar-refractivity contribution < 1.29 is 14.7 Å². The summed E-state index contributed by atoms with van der Waals surface area (Å²) in [5.74, 6) is -1.68. The summed E-state index contributed by atoms with van der Waals surface area (Å²) in [5.41, 5.74) is 1.69. The first kappa shape index (κ1) is 14.2. The van der Waals surface area contributed by atoms with Crippen molar-refractivity contribution in [2.24, 2.45) is 0 Å².